The summed E-state index contributed by atoms with van der Waals surface area (Å²) in [6, 6.07) is 0. The molecule has 5 atom stereocenters. The number of Topliss-reactive ketones (excluding diaryl/α,β-unsaturated/α-hetero) is 2. The second-order valence-corrected chi connectivity index (χ2v) is 9.54. The summed E-state index contributed by atoms with van der Waals surface area (Å²) in [4.78, 5) is 26.2. The predicted molar refractivity (Wildman–Crippen MR) is 116 cm³/mol. The molecule has 168 valence electrons. The van der Waals surface area contributed by atoms with E-state index in [0.29, 0.717) is 24.8 Å². The molecule has 5 heteroatoms. The van der Waals surface area contributed by atoms with Crippen molar-refractivity contribution < 1.29 is 24.9 Å². The molecule has 0 saturated heterocycles. The maximum Gasteiger partial charge on any atom is 0.152 e. The average Bonchev–Trinajstić information content (AvgIpc) is 2.88. The minimum Gasteiger partial charge on any atom is -0.392 e. The molecule has 5 nitrogen and oxygen atoms in total. The molecule has 30 heavy (non-hydrogen) atoms. The zero-order valence-electron chi connectivity index (χ0n) is 18.3. The van der Waals surface area contributed by atoms with E-state index < -0.39 is 35.6 Å². The number of unbranched alkanes of at least 4 members (excludes halogenated alkanes) is 5. The van der Waals surface area contributed by atoms with Gasteiger partial charge in [0.15, 0.2) is 5.78 Å². The molecule has 3 rings (SSSR count). The molecule has 1 fully saturated rings. The lowest BCUT2D eigenvalue weighted by Gasteiger charge is -2.46. The average molecular weight is 419 g/mol. The summed E-state index contributed by atoms with van der Waals surface area (Å²) in [5.41, 5.74) is -2.64. The van der Waals surface area contributed by atoms with Crippen LogP contribution in [0.25, 0.3) is 0 Å². The lowest BCUT2D eigenvalue weighted by molar-refractivity contribution is -0.168. The van der Waals surface area contributed by atoms with E-state index in [-0.39, 0.29) is 18.0 Å². The molecule has 0 aromatic rings. The molecule has 2 bridgehead atoms. The van der Waals surface area contributed by atoms with Crippen molar-refractivity contribution >= 4 is 11.6 Å². The Morgan fingerprint density at radius 3 is 2.63 bits per heavy atom. The highest BCUT2D eigenvalue weighted by molar-refractivity contribution is 5.94. The second kappa shape index (κ2) is 9.88. The first-order valence-corrected chi connectivity index (χ1v) is 11.9. The van der Waals surface area contributed by atoms with Gasteiger partial charge in [0, 0.05) is 24.7 Å². The molecule has 3 N–H and O–H groups in total. The van der Waals surface area contributed by atoms with Gasteiger partial charge in [0.1, 0.15) is 17.5 Å². The fourth-order valence-electron chi connectivity index (χ4n) is 5.86. The van der Waals surface area contributed by atoms with Crippen molar-refractivity contribution in [1.82, 2.24) is 0 Å². The fraction of sp³-hybridized carbons (Fsp3) is 0.760. The van der Waals surface area contributed by atoms with E-state index in [4.69, 9.17) is 0 Å². The topological polar surface area (TPSA) is 94.8 Å². The SMILES string of the molecule is CCCCCCCCC(=O)C[C@H]1C=C[C@@]23CCCC[C@H](C=C(CO)[C@@H](O)[C@]12O)C3=O. The first-order chi connectivity index (χ1) is 14.4. The summed E-state index contributed by atoms with van der Waals surface area (Å²) < 4.78 is 0. The van der Waals surface area contributed by atoms with Gasteiger partial charge in [-0.15, -0.1) is 0 Å². The molecule has 0 radical (unpaired) electrons. The Morgan fingerprint density at radius 2 is 1.90 bits per heavy atom. The number of ketones is 2. The van der Waals surface area contributed by atoms with Crippen molar-refractivity contribution in [2.75, 3.05) is 6.61 Å². The van der Waals surface area contributed by atoms with Crippen LogP contribution in [0.4, 0.5) is 0 Å². The minimum atomic E-state index is -1.77. The van der Waals surface area contributed by atoms with Crippen molar-refractivity contribution in [3.8, 4) is 0 Å². The number of allylic oxidation sites excluding steroid dienone is 1. The van der Waals surface area contributed by atoms with Crippen LogP contribution in [0.15, 0.2) is 23.8 Å². The first-order valence-electron chi connectivity index (χ1n) is 11.9. The van der Waals surface area contributed by atoms with Gasteiger partial charge in [-0.2, -0.15) is 0 Å². The number of rotatable bonds is 10. The Morgan fingerprint density at radius 1 is 1.17 bits per heavy atom. The third-order valence-electron chi connectivity index (χ3n) is 7.63. The maximum absolute atomic E-state index is 13.5. The number of hydrogen-bond donors (Lipinski definition) is 3. The van der Waals surface area contributed by atoms with E-state index >= 15 is 0 Å². The van der Waals surface area contributed by atoms with Crippen molar-refractivity contribution in [2.45, 2.75) is 95.7 Å². The minimum absolute atomic E-state index is 0.0641. The molecular weight excluding hydrogens is 380 g/mol. The van der Waals surface area contributed by atoms with E-state index in [0.717, 1.165) is 32.1 Å². The monoisotopic (exact) mass is 418 g/mol. The van der Waals surface area contributed by atoms with Gasteiger partial charge in [-0.3, -0.25) is 9.59 Å². The number of hydrogen-bond acceptors (Lipinski definition) is 5. The molecule has 0 aliphatic heterocycles. The van der Waals surface area contributed by atoms with E-state index in [1.165, 1.54) is 19.3 Å². The van der Waals surface area contributed by atoms with Gasteiger partial charge < -0.3 is 15.3 Å². The Kier molecular flexibility index (Phi) is 7.70. The van der Waals surface area contributed by atoms with Gasteiger partial charge in [-0.25, -0.2) is 0 Å². The van der Waals surface area contributed by atoms with Gasteiger partial charge in [0.05, 0.1) is 12.0 Å². The van der Waals surface area contributed by atoms with Crippen LogP contribution in [0.3, 0.4) is 0 Å². The summed E-state index contributed by atoms with van der Waals surface area (Å²) in [7, 11) is 0. The fourth-order valence-corrected chi connectivity index (χ4v) is 5.86. The smallest absolute Gasteiger partial charge is 0.152 e. The number of carbonyl (C=O) groups is 2. The van der Waals surface area contributed by atoms with Gasteiger partial charge in [-0.05, 0) is 24.8 Å². The summed E-state index contributed by atoms with van der Waals surface area (Å²) in [5, 5.41) is 32.9. The van der Waals surface area contributed by atoms with Crippen molar-refractivity contribution in [1.29, 1.82) is 0 Å². The van der Waals surface area contributed by atoms with Crippen molar-refractivity contribution in [3.63, 3.8) is 0 Å². The molecule has 1 spiro atoms. The molecule has 3 aliphatic carbocycles. The normalized spacial score (nSPS) is 35.5. The first kappa shape index (κ1) is 23.4. The van der Waals surface area contributed by atoms with Crippen LogP contribution in [-0.2, 0) is 9.59 Å². The number of fused-ring (bicyclic) bond motifs is 1. The molecule has 0 heterocycles. The Bertz CT molecular complexity index is 696. The third-order valence-corrected chi connectivity index (χ3v) is 7.63. The molecule has 0 amide bonds. The quantitative estimate of drug-likeness (QED) is 0.372. The van der Waals surface area contributed by atoms with Crippen LogP contribution in [0, 0.1) is 17.3 Å². The highest BCUT2D eigenvalue weighted by Crippen LogP contribution is 2.57. The number of aliphatic hydroxyl groups excluding tert-OH is 2. The lowest BCUT2D eigenvalue weighted by atomic mass is 9.61. The lowest BCUT2D eigenvalue weighted by Crippen LogP contribution is -2.60. The van der Waals surface area contributed by atoms with Crippen molar-refractivity contribution in [3.05, 3.63) is 23.8 Å². The Balaban J connectivity index is 1.75. The molecular formula is C25H38O5. The third kappa shape index (κ3) is 4.09. The summed E-state index contributed by atoms with van der Waals surface area (Å²) in [5.74, 6) is -1.03. The van der Waals surface area contributed by atoms with Crippen LogP contribution in [0.5, 0.6) is 0 Å². The van der Waals surface area contributed by atoms with Crippen LogP contribution in [0.2, 0.25) is 0 Å². The van der Waals surface area contributed by atoms with Crippen LogP contribution >= 0.6 is 0 Å². The molecule has 1 saturated carbocycles. The molecule has 0 aromatic heterocycles. The van der Waals surface area contributed by atoms with Crippen LogP contribution in [-0.4, -0.2) is 45.2 Å². The Labute approximate surface area is 180 Å². The van der Waals surface area contributed by atoms with E-state index in [1.807, 2.05) is 0 Å². The standard InChI is InChI=1S/C25H38O5/c1-2-3-4-5-6-7-11-21(27)16-20-12-14-24-13-9-8-10-18(22(24)28)15-19(17-26)23(29)25(20,24)30/h12,14-15,18,20,23,26,29-30H,2-11,13,16-17H2,1H3/t18-,20-,23-,24-,25-/m1/s1. The Hall–Kier alpha value is -1.30. The van der Waals surface area contributed by atoms with Gasteiger partial charge in [-0.1, -0.05) is 70.1 Å². The van der Waals surface area contributed by atoms with Crippen LogP contribution < -0.4 is 0 Å². The van der Waals surface area contributed by atoms with Crippen molar-refractivity contribution in [2.24, 2.45) is 17.3 Å². The maximum atomic E-state index is 13.5. The molecule has 0 aromatic carbocycles. The second-order valence-electron chi connectivity index (χ2n) is 9.54. The summed E-state index contributed by atoms with van der Waals surface area (Å²) >= 11 is 0. The highest BCUT2D eigenvalue weighted by atomic mass is 16.3. The zero-order chi connectivity index (χ0) is 21.8. The largest absolute Gasteiger partial charge is 0.392 e. The highest BCUT2D eigenvalue weighted by Gasteiger charge is 2.66. The summed E-state index contributed by atoms with van der Waals surface area (Å²) in [6.45, 7) is 1.78. The van der Waals surface area contributed by atoms with E-state index in [1.54, 1.807) is 18.2 Å². The van der Waals surface area contributed by atoms with E-state index in [9.17, 15) is 24.9 Å². The van der Waals surface area contributed by atoms with Gasteiger partial charge >= 0.3 is 0 Å². The number of carbonyl (C=O) groups excluding carboxylic acids is 2. The zero-order valence-corrected chi connectivity index (χ0v) is 18.3. The van der Waals surface area contributed by atoms with E-state index in [2.05, 4.69) is 6.92 Å². The predicted octanol–water partition coefficient (Wildman–Crippen LogP) is 3.65. The number of aliphatic hydroxyl groups is 3. The molecule has 3 aliphatic rings. The van der Waals surface area contributed by atoms with Gasteiger partial charge in [0.25, 0.3) is 0 Å². The van der Waals surface area contributed by atoms with Crippen LogP contribution in [0.1, 0.15) is 84.0 Å². The summed E-state index contributed by atoms with van der Waals surface area (Å²) in [6.07, 6.45) is 13.9. The molecule has 0 unspecified atom stereocenters. The van der Waals surface area contributed by atoms with Gasteiger partial charge in [0.2, 0.25) is 0 Å².